The number of nitrogens with one attached hydrogen (secondary N) is 1. The molecule has 94 valence electrons. The molecule has 0 amide bonds. The Hall–Kier alpha value is -1.97. The van der Waals surface area contributed by atoms with E-state index in [2.05, 4.69) is 22.2 Å². The largest absolute Gasteiger partial charge is 0.354 e. The molecule has 0 unspecified atom stereocenters. The number of nitrogens with zero attached hydrogens (tertiary/aromatic N) is 2. The molecule has 2 rings (SSSR count). The van der Waals surface area contributed by atoms with Crippen molar-refractivity contribution in [3.05, 3.63) is 41.8 Å². The fraction of sp³-hybridized carbons (Fsp3) is 0.286. The second-order valence-electron chi connectivity index (χ2n) is 4.18. The SMILES string of the molecule is CCCNc1ncc(F)c(-c2ccc(C)cc2)n1. The molecule has 1 N–H and O–H groups in total. The third kappa shape index (κ3) is 2.83. The van der Waals surface area contributed by atoms with E-state index in [-0.39, 0.29) is 0 Å². The van der Waals surface area contributed by atoms with Crippen molar-refractivity contribution < 1.29 is 4.39 Å². The molecule has 3 nitrogen and oxygen atoms in total. The van der Waals surface area contributed by atoms with Crippen molar-refractivity contribution in [3.63, 3.8) is 0 Å². The smallest absolute Gasteiger partial charge is 0.223 e. The lowest BCUT2D eigenvalue weighted by molar-refractivity contribution is 0.618. The Labute approximate surface area is 106 Å². The topological polar surface area (TPSA) is 37.8 Å². The summed E-state index contributed by atoms with van der Waals surface area (Å²) in [4.78, 5) is 8.13. The highest BCUT2D eigenvalue weighted by atomic mass is 19.1. The van der Waals surface area contributed by atoms with Crippen molar-refractivity contribution in [2.24, 2.45) is 0 Å². The number of anilines is 1. The number of aryl methyl sites for hydroxylation is 1. The molecular weight excluding hydrogens is 229 g/mol. The van der Waals surface area contributed by atoms with Gasteiger partial charge in [0.05, 0.1) is 6.20 Å². The van der Waals surface area contributed by atoms with E-state index in [1.165, 1.54) is 6.20 Å². The maximum atomic E-state index is 13.7. The minimum absolute atomic E-state index is 0.337. The van der Waals surface area contributed by atoms with E-state index >= 15 is 0 Å². The first-order valence-electron chi connectivity index (χ1n) is 6.04. The van der Waals surface area contributed by atoms with Crippen LogP contribution in [-0.2, 0) is 0 Å². The molecule has 0 atom stereocenters. The van der Waals surface area contributed by atoms with Crippen LogP contribution in [0.15, 0.2) is 30.5 Å². The molecule has 1 heterocycles. The minimum Gasteiger partial charge on any atom is -0.354 e. The van der Waals surface area contributed by atoms with Gasteiger partial charge < -0.3 is 5.32 Å². The molecule has 2 aromatic rings. The molecule has 18 heavy (non-hydrogen) atoms. The third-order valence-electron chi connectivity index (χ3n) is 2.60. The fourth-order valence-electron chi connectivity index (χ4n) is 1.60. The van der Waals surface area contributed by atoms with Crippen molar-refractivity contribution >= 4 is 5.95 Å². The molecule has 0 spiro atoms. The summed E-state index contributed by atoms with van der Waals surface area (Å²) in [6, 6.07) is 7.61. The van der Waals surface area contributed by atoms with Crippen LogP contribution < -0.4 is 5.32 Å². The molecule has 0 bridgehead atoms. The molecule has 0 saturated carbocycles. The zero-order valence-electron chi connectivity index (χ0n) is 10.6. The summed E-state index contributed by atoms with van der Waals surface area (Å²) in [5, 5.41) is 3.05. The fourth-order valence-corrected chi connectivity index (χ4v) is 1.60. The maximum Gasteiger partial charge on any atom is 0.223 e. The second-order valence-corrected chi connectivity index (χ2v) is 4.18. The Kier molecular flexibility index (Phi) is 3.87. The summed E-state index contributed by atoms with van der Waals surface area (Å²) < 4.78 is 13.7. The Morgan fingerprint density at radius 2 is 1.94 bits per heavy atom. The van der Waals surface area contributed by atoms with Crippen molar-refractivity contribution in [2.75, 3.05) is 11.9 Å². The normalized spacial score (nSPS) is 10.4. The van der Waals surface area contributed by atoms with Crippen LogP contribution in [0.4, 0.5) is 10.3 Å². The van der Waals surface area contributed by atoms with E-state index in [4.69, 9.17) is 0 Å². The van der Waals surface area contributed by atoms with E-state index in [0.717, 1.165) is 24.1 Å². The van der Waals surface area contributed by atoms with Gasteiger partial charge >= 0.3 is 0 Å². The quantitative estimate of drug-likeness (QED) is 0.897. The molecule has 0 fully saturated rings. The van der Waals surface area contributed by atoms with E-state index in [0.29, 0.717) is 11.6 Å². The molecule has 1 aromatic carbocycles. The van der Waals surface area contributed by atoms with Gasteiger partial charge in [-0.05, 0) is 13.3 Å². The molecule has 4 heteroatoms. The Bertz CT molecular complexity index is 523. The zero-order chi connectivity index (χ0) is 13.0. The predicted octanol–water partition coefficient (Wildman–Crippen LogP) is 3.41. The summed E-state index contributed by atoms with van der Waals surface area (Å²) in [5.74, 6) is 0.0646. The highest BCUT2D eigenvalue weighted by molar-refractivity contribution is 5.61. The van der Waals surface area contributed by atoms with E-state index < -0.39 is 5.82 Å². The van der Waals surface area contributed by atoms with Crippen LogP contribution in [0.3, 0.4) is 0 Å². The van der Waals surface area contributed by atoms with Crippen LogP contribution in [0.5, 0.6) is 0 Å². The van der Waals surface area contributed by atoms with Crippen molar-refractivity contribution in [2.45, 2.75) is 20.3 Å². The van der Waals surface area contributed by atoms with Crippen molar-refractivity contribution in [1.29, 1.82) is 0 Å². The van der Waals surface area contributed by atoms with Crippen LogP contribution in [0, 0.1) is 12.7 Å². The van der Waals surface area contributed by atoms with Gasteiger partial charge in [-0.15, -0.1) is 0 Å². The zero-order valence-corrected chi connectivity index (χ0v) is 10.6. The average molecular weight is 245 g/mol. The maximum absolute atomic E-state index is 13.7. The van der Waals surface area contributed by atoms with Crippen LogP contribution in [0.1, 0.15) is 18.9 Å². The summed E-state index contributed by atoms with van der Waals surface area (Å²) in [5.41, 5.74) is 2.24. The predicted molar refractivity (Wildman–Crippen MR) is 70.9 cm³/mol. The van der Waals surface area contributed by atoms with Gasteiger partial charge in [0.1, 0.15) is 5.69 Å². The Morgan fingerprint density at radius 3 is 2.61 bits per heavy atom. The second kappa shape index (κ2) is 5.58. The highest BCUT2D eigenvalue weighted by Crippen LogP contribution is 2.21. The lowest BCUT2D eigenvalue weighted by atomic mass is 10.1. The van der Waals surface area contributed by atoms with Crippen molar-refractivity contribution in [1.82, 2.24) is 9.97 Å². The first kappa shape index (κ1) is 12.5. The van der Waals surface area contributed by atoms with Gasteiger partial charge in [0.15, 0.2) is 5.82 Å². The van der Waals surface area contributed by atoms with Crippen LogP contribution in [0.2, 0.25) is 0 Å². The molecule has 0 saturated heterocycles. The van der Waals surface area contributed by atoms with Crippen LogP contribution in [-0.4, -0.2) is 16.5 Å². The molecule has 0 radical (unpaired) electrons. The monoisotopic (exact) mass is 245 g/mol. The van der Waals surface area contributed by atoms with Gasteiger partial charge in [-0.2, -0.15) is 0 Å². The van der Waals surface area contributed by atoms with E-state index in [1.54, 1.807) is 0 Å². The van der Waals surface area contributed by atoms with Gasteiger partial charge in [0, 0.05) is 12.1 Å². The molecular formula is C14H16FN3. The summed E-state index contributed by atoms with van der Waals surface area (Å²) >= 11 is 0. The highest BCUT2D eigenvalue weighted by Gasteiger charge is 2.08. The summed E-state index contributed by atoms with van der Waals surface area (Å²) in [6.45, 7) is 4.82. The summed E-state index contributed by atoms with van der Waals surface area (Å²) in [6.07, 6.45) is 2.18. The third-order valence-corrected chi connectivity index (χ3v) is 2.60. The lowest BCUT2D eigenvalue weighted by Crippen LogP contribution is -2.05. The van der Waals surface area contributed by atoms with Gasteiger partial charge in [-0.25, -0.2) is 14.4 Å². The number of benzene rings is 1. The summed E-state index contributed by atoms with van der Waals surface area (Å²) in [7, 11) is 0. The van der Waals surface area contributed by atoms with Crippen LogP contribution in [0.25, 0.3) is 11.3 Å². The number of aromatic nitrogens is 2. The first-order chi connectivity index (χ1) is 8.70. The molecule has 0 aliphatic rings. The molecule has 1 aromatic heterocycles. The molecule has 0 aliphatic carbocycles. The number of hydrogen-bond donors (Lipinski definition) is 1. The number of hydrogen-bond acceptors (Lipinski definition) is 3. The Morgan fingerprint density at radius 1 is 1.22 bits per heavy atom. The first-order valence-corrected chi connectivity index (χ1v) is 6.04. The average Bonchev–Trinajstić information content (AvgIpc) is 2.39. The van der Waals surface area contributed by atoms with E-state index in [1.807, 2.05) is 31.2 Å². The Balaban J connectivity index is 2.33. The van der Waals surface area contributed by atoms with Gasteiger partial charge in [0.25, 0.3) is 0 Å². The number of rotatable bonds is 4. The van der Waals surface area contributed by atoms with Crippen molar-refractivity contribution in [3.8, 4) is 11.3 Å². The lowest BCUT2D eigenvalue weighted by Gasteiger charge is -2.07. The van der Waals surface area contributed by atoms with Crippen LogP contribution >= 0.6 is 0 Å². The number of halogens is 1. The van der Waals surface area contributed by atoms with Gasteiger partial charge in [-0.1, -0.05) is 36.8 Å². The van der Waals surface area contributed by atoms with Gasteiger partial charge in [-0.3, -0.25) is 0 Å². The standard InChI is InChI=1S/C14H16FN3/c1-3-8-16-14-17-9-12(15)13(18-14)11-6-4-10(2)5-7-11/h4-7,9H,3,8H2,1-2H3,(H,16,17,18). The van der Waals surface area contributed by atoms with E-state index in [9.17, 15) is 4.39 Å². The minimum atomic E-state index is -0.402. The van der Waals surface area contributed by atoms with Gasteiger partial charge in [0.2, 0.25) is 5.95 Å². The molecule has 0 aliphatic heterocycles.